The van der Waals surface area contributed by atoms with Crippen molar-refractivity contribution < 1.29 is 13.2 Å². The van der Waals surface area contributed by atoms with Crippen molar-refractivity contribution in [2.45, 2.75) is 12.6 Å². The summed E-state index contributed by atoms with van der Waals surface area (Å²) in [5.41, 5.74) is 0.949. The summed E-state index contributed by atoms with van der Waals surface area (Å²) in [6.07, 6.45) is -0.359. The lowest BCUT2D eigenvalue weighted by Crippen LogP contribution is -2.11. The third-order valence-electron chi connectivity index (χ3n) is 2.60. The second-order valence-corrected chi connectivity index (χ2v) is 3.82. The van der Waals surface area contributed by atoms with Crippen LogP contribution in [0.3, 0.4) is 0 Å². The van der Waals surface area contributed by atoms with Crippen molar-refractivity contribution in [2.24, 2.45) is 11.8 Å². The van der Waals surface area contributed by atoms with Crippen LogP contribution in [0.5, 0.6) is 0 Å². The van der Waals surface area contributed by atoms with Crippen LogP contribution in [-0.2, 0) is 0 Å². The van der Waals surface area contributed by atoms with Crippen LogP contribution in [0.4, 0.5) is 13.2 Å². The molecule has 0 nitrogen and oxygen atoms in total. The maximum Gasteiger partial charge on any atom is 0.392 e. The fraction of sp³-hybridized carbons (Fsp3) is 0.333. The molecular weight excluding hydrogens is 201 g/mol. The minimum Gasteiger partial charge on any atom is -0.171 e. The van der Waals surface area contributed by atoms with Crippen molar-refractivity contribution in [3.05, 3.63) is 42.0 Å². The fourth-order valence-electron chi connectivity index (χ4n) is 1.60. The predicted octanol–water partition coefficient (Wildman–Crippen LogP) is 3.90. The highest BCUT2D eigenvalue weighted by molar-refractivity contribution is 5.49. The summed E-state index contributed by atoms with van der Waals surface area (Å²) >= 11 is 0. The van der Waals surface area contributed by atoms with Gasteiger partial charge in [-0.3, -0.25) is 0 Å². The smallest absolute Gasteiger partial charge is 0.171 e. The first-order valence-corrected chi connectivity index (χ1v) is 4.87. The Morgan fingerprint density at radius 3 is 2.33 bits per heavy atom. The molecule has 1 saturated carbocycles. The quantitative estimate of drug-likeness (QED) is 0.697. The molecule has 1 aromatic carbocycles. The minimum absolute atomic E-state index is 0.243. The highest BCUT2D eigenvalue weighted by atomic mass is 19.4. The zero-order valence-corrected chi connectivity index (χ0v) is 8.04. The molecule has 0 spiro atoms. The van der Waals surface area contributed by atoms with Gasteiger partial charge in [0, 0.05) is 0 Å². The van der Waals surface area contributed by atoms with E-state index in [1.54, 1.807) is 12.2 Å². The van der Waals surface area contributed by atoms with Gasteiger partial charge in [-0.1, -0.05) is 42.5 Å². The van der Waals surface area contributed by atoms with Gasteiger partial charge in [0.15, 0.2) is 0 Å². The van der Waals surface area contributed by atoms with Gasteiger partial charge < -0.3 is 0 Å². The molecular formula is C12H11F3. The number of hydrogen-bond acceptors (Lipinski definition) is 0. The van der Waals surface area contributed by atoms with Crippen LogP contribution in [-0.4, -0.2) is 6.18 Å². The minimum atomic E-state index is -4.02. The Kier molecular flexibility index (Phi) is 2.55. The third-order valence-corrected chi connectivity index (χ3v) is 2.60. The number of hydrogen-bond donors (Lipinski definition) is 0. The Bertz CT molecular complexity index is 351. The van der Waals surface area contributed by atoms with Crippen LogP contribution < -0.4 is 0 Å². The van der Waals surface area contributed by atoms with Gasteiger partial charge in [0.1, 0.15) is 0 Å². The second-order valence-electron chi connectivity index (χ2n) is 3.82. The van der Waals surface area contributed by atoms with E-state index in [0.29, 0.717) is 0 Å². The molecule has 3 heteroatoms. The van der Waals surface area contributed by atoms with Gasteiger partial charge in [-0.15, -0.1) is 0 Å². The van der Waals surface area contributed by atoms with Crippen molar-refractivity contribution >= 4 is 6.08 Å². The topological polar surface area (TPSA) is 0 Å². The molecule has 0 aromatic heterocycles. The van der Waals surface area contributed by atoms with Crippen molar-refractivity contribution in [2.75, 3.05) is 0 Å². The molecule has 0 saturated heterocycles. The van der Waals surface area contributed by atoms with Crippen LogP contribution in [0, 0.1) is 11.8 Å². The SMILES string of the molecule is FC(F)(F)[C@@H]1C[C@H]1/C=C/c1ccccc1. The largest absolute Gasteiger partial charge is 0.392 e. The van der Waals surface area contributed by atoms with Gasteiger partial charge in [-0.2, -0.15) is 13.2 Å². The summed E-state index contributed by atoms with van der Waals surface area (Å²) < 4.78 is 36.5. The molecule has 1 fully saturated rings. The summed E-state index contributed by atoms with van der Waals surface area (Å²) in [6, 6.07) is 9.37. The second kappa shape index (κ2) is 3.72. The average Bonchev–Trinajstić information content (AvgIpc) is 2.95. The Hall–Kier alpha value is -1.25. The zero-order valence-electron chi connectivity index (χ0n) is 8.04. The van der Waals surface area contributed by atoms with E-state index in [9.17, 15) is 13.2 Å². The fourth-order valence-corrected chi connectivity index (χ4v) is 1.60. The Labute approximate surface area is 86.4 Å². The average molecular weight is 212 g/mol. The molecule has 2 atom stereocenters. The van der Waals surface area contributed by atoms with Gasteiger partial charge in [-0.05, 0) is 17.9 Å². The van der Waals surface area contributed by atoms with Crippen LogP contribution >= 0.6 is 0 Å². The van der Waals surface area contributed by atoms with E-state index in [4.69, 9.17) is 0 Å². The summed E-state index contributed by atoms with van der Waals surface area (Å²) in [5.74, 6) is -1.43. The first-order valence-electron chi connectivity index (χ1n) is 4.87. The van der Waals surface area contributed by atoms with Crippen molar-refractivity contribution in [3.8, 4) is 0 Å². The number of halogens is 3. The summed E-state index contributed by atoms with van der Waals surface area (Å²) in [5, 5.41) is 0. The Morgan fingerprint density at radius 1 is 1.13 bits per heavy atom. The molecule has 0 aliphatic heterocycles. The zero-order chi connectivity index (χ0) is 10.9. The summed E-state index contributed by atoms with van der Waals surface area (Å²) in [4.78, 5) is 0. The normalized spacial score (nSPS) is 25.8. The number of allylic oxidation sites excluding steroid dienone is 1. The van der Waals surface area contributed by atoms with Crippen molar-refractivity contribution in [3.63, 3.8) is 0 Å². The molecule has 0 amide bonds. The Balaban J connectivity index is 1.93. The molecule has 2 rings (SSSR count). The van der Waals surface area contributed by atoms with E-state index in [1.807, 2.05) is 30.3 Å². The molecule has 0 N–H and O–H groups in total. The van der Waals surface area contributed by atoms with Gasteiger partial charge in [0.05, 0.1) is 5.92 Å². The third kappa shape index (κ3) is 2.61. The number of rotatable bonds is 2. The summed E-state index contributed by atoms with van der Waals surface area (Å²) in [7, 11) is 0. The van der Waals surface area contributed by atoms with Gasteiger partial charge >= 0.3 is 6.18 Å². The molecule has 1 aliphatic carbocycles. The van der Waals surface area contributed by atoms with E-state index in [2.05, 4.69) is 0 Å². The molecule has 0 radical (unpaired) electrons. The van der Waals surface area contributed by atoms with E-state index >= 15 is 0 Å². The first kappa shape index (κ1) is 10.3. The molecule has 80 valence electrons. The van der Waals surface area contributed by atoms with Gasteiger partial charge in [-0.25, -0.2) is 0 Å². The standard InChI is InChI=1S/C12H11F3/c13-12(14,15)11-8-10(11)7-6-9-4-2-1-3-5-9/h1-7,10-11H,8H2/b7-6+/t10-,11-/m1/s1. The molecule has 15 heavy (non-hydrogen) atoms. The van der Waals surface area contributed by atoms with Crippen LogP contribution in [0.15, 0.2) is 36.4 Å². The lowest BCUT2D eigenvalue weighted by atomic mass is 10.2. The summed E-state index contributed by atoms with van der Waals surface area (Å²) in [6.45, 7) is 0. The lowest BCUT2D eigenvalue weighted by molar-refractivity contribution is -0.149. The van der Waals surface area contributed by atoms with Crippen molar-refractivity contribution in [1.29, 1.82) is 0 Å². The predicted molar refractivity (Wildman–Crippen MR) is 53.1 cm³/mol. The highest BCUT2D eigenvalue weighted by Gasteiger charge is 2.54. The van der Waals surface area contributed by atoms with Crippen molar-refractivity contribution in [1.82, 2.24) is 0 Å². The van der Waals surface area contributed by atoms with Crippen LogP contribution in [0.2, 0.25) is 0 Å². The maximum absolute atomic E-state index is 12.2. The van der Waals surface area contributed by atoms with Gasteiger partial charge in [0.2, 0.25) is 0 Å². The highest BCUT2D eigenvalue weighted by Crippen LogP contribution is 2.50. The van der Waals surface area contributed by atoms with Gasteiger partial charge in [0.25, 0.3) is 0 Å². The number of alkyl halides is 3. The van der Waals surface area contributed by atoms with E-state index < -0.39 is 12.1 Å². The molecule has 1 aliphatic rings. The van der Waals surface area contributed by atoms with Crippen LogP contribution in [0.1, 0.15) is 12.0 Å². The first-order chi connectivity index (χ1) is 7.07. The van der Waals surface area contributed by atoms with E-state index in [0.717, 1.165) is 5.56 Å². The van der Waals surface area contributed by atoms with E-state index in [-0.39, 0.29) is 12.3 Å². The lowest BCUT2D eigenvalue weighted by Gasteiger charge is -2.02. The van der Waals surface area contributed by atoms with E-state index in [1.165, 1.54) is 0 Å². The Morgan fingerprint density at radius 2 is 1.80 bits per heavy atom. The molecule has 0 unspecified atom stereocenters. The molecule has 0 bridgehead atoms. The number of benzene rings is 1. The maximum atomic E-state index is 12.2. The van der Waals surface area contributed by atoms with Crippen LogP contribution in [0.25, 0.3) is 6.08 Å². The monoisotopic (exact) mass is 212 g/mol. The molecule has 1 aromatic rings. The molecule has 0 heterocycles.